The first-order valence-corrected chi connectivity index (χ1v) is 7.78. The molecule has 0 amide bonds. The third kappa shape index (κ3) is 2.74. The number of rotatable bonds is 3. The van der Waals surface area contributed by atoms with Crippen molar-refractivity contribution < 1.29 is 18.3 Å². The average Bonchev–Trinajstić information content (AvgIpc) is 2.35. The predicted octanol–water partition coefficient (Wildman–Crippen LogP) is -0.0739. The molecule has 1 unspecified atom stereocenters. The zero-order chi connectivity index (χ0) is 14.2. The van der Waals surface area contributed by atoms with Gasteiger partial charge in [0.1, 0.15) is 11.1 Å². The molecule has 0 radical (unpaired) electrons. The van der Waals surface area contributed by atoms with Crippen LogP contribution < -0.4 is 5.32 Å². The summed E-state index contributed by atoms with van der Waals surface area (Å²) in [5, 5.41) is 11.4. The maximum Gasteiger partial charge on any atom is 0.354 e. The van der Waals surface area contributed by atoms with Gasteiger partial charge in [-0.1, -0.05) is 0 Å². The standard InChI is InChI=1S/C11H15N3O4S/c1-6(19(2,17)18)10-13-8-5-12-4-3-7(8)9(14-10)11(15)16/h6,12H,3-5H2,1-2H3,(H,15,16). The Morgan fingerprint density at radius 2 is 2.11 bits per heavy atom. The van der Waals surface area contributed by atoms with E-state index in [0.29, 0.717) is 30.8 Å². The van der Waals surface area contributed by atoms with Crippen molar-refractivity contribution >= 4 is 15.8 Å². The maximum absolute atomic E-state index is 11.5. The molecule has 0 saturated carbocycles. The molecule has 1 atom stereocenters. The SMILES string of the molecule is CC(c1nc2c(c(C(=O)O)n1)CCNC2)S(C)(=O)=O. The molecule has 0 aliphatic carbocycles. The van der Waals surface area contributed by atoms with Gasteiger partial charge < -0.3 is 10.4 Å². The van der Waals surface area contributed by atoms with Crippen LogP contribution in [0.5, 0.6) is 0 Å². The predicted molar refractivity (Wildman–Crippen MR) is 67.7 cm³/mol. The molecule has 0 aromatic carbocycles. The highest BCUT2D eigenvalue weighted by Crippen LogP contribution is 2.22. The summed E-state index contributed by atoms with van der Waals surface area (Å²) in [4.78, 5) is 19.4. The lowest BCUT2D eigenvalue weighted by Gasteiger charge is -2.19. The number of aromatic carboxylic acids is 1. The van der Waals surface area contributed by atoms with Crippen LogP contribution >= 0.6 is 0 Å². The fraction of sp³-hybridized carbons (Fsp3) is 0.545. The largest absolute Gasteiger partial charge is 0.477 e. The minimum atomic E-state index is -3.36. The number of carboxylic acid groups (broad SMARTS) is 1. The van der Waals surface area contributed by atoms with Gasteiger partial charge in [-0.2, -0.15) is 0 Å². The number of nitrogens with one attached hydrogen (secondary N) is 1. The molecule has 1 aliphatic rings. The zero-order valence-electron chi connectivity index (χ0n) is 10.7. The molecule has 0 spiro atoms. The van der Waals surface area contributed by atoms with Gasteiger partial charge in [0.05, 0.1) is 5.69 Å². The van der Waals surface area contributed by atoms with Crippen LogP contribution in [0.25, 0.3) is 0 Å². The van der Waals surface area contributed by atoms with E-state index < -0.39 is 21.1 Å². The number of hydrogen-bond acceptors (Lipinski definition) is 6. The van der Waals surface area contributed by atoms with Gasteiger partial charge in [-0.25, -0.2) is 23.2 Å². The summed E-state index contributed by atoms with van der Waals surface area (Å²) in [5.41, 5.74) is 1.08. The lowest BCUT2D eigenvalue weighted by molar-refractivity contribution is 0.0688. The Kier molecular flexibility index (Phi) is 3.55. The number of carbonyl (C=O) groups is 1. The maximum atomic E-state index is 11.5. The lowest BCUT2D eigenvalue weighted by atomic mass is 10.0. The Hall–Kier alpha value is -1.54. The van der Waals surface area contributed by atoms with E-state index in [2.05, 4.69) is 15.3 Å². The minimum Gasteiger partial charge on any atom is -0.477 e. The van der Waals surface area contributed by atoms with E-state index >= 15 is 0 Å². The van der Waals surface area contributed by atoms with E-state index in [0.717, 1.165) is 6.26 Å². The van der Waals surface area contributed by atoms with Crippen molar-refractivity contribution in [1.82, 2.24) is 15.3 Å². The van der Waals surface area contributed by atoms with Gasteiger partial charge in [-0.05, 0) is 19.9 Å². The van der Waals surface area contributed by atoms with E-state index in [1.54, 1.807) is 0 Å². The molecule has 8 heteroatoms. The molecule has 0 bridgehead atoms. The highest BCUT2D eigenvalue weighted by atomic mass is 32.2. The molecule has 1 aromatic rings. The molecule has 2 N–H and O–H groups in total. The van der Waals surface area contributed by atoms with E-state index in [1.165, 1.54) is 6.92 Å². The fourth-order valence-corrected chi connectivity index (χ4v) is 2.42. The summed E-state index contributed by atoms with van der Waals surface area (Å²) < 4.78 is 23.1. The van der Waals surface area contributed by atoms with Crippen LogP contribution in [0.2, 0.25) is 0 Å². The number of nitrogens with zero attached hydrogens (tertiary/aromatic N) is 2. The molecule has 19 heavy (non-hydrogen) atoms. The molecule has 7 nitrogen and oxygen atoms in total. The first kappa shape index (κ1) is 13.9. The molecule has 104 valence electrons. The molecule has 2 heterocycles. The summed E-state index contributed by atoms with van der Waals surface area (Å²) in [5.74, 6) is -1.11. The molecule has 0 fully saturated rings. The second-order valence-electron chi connectivity index (χ2n) is 4.56. The van der Waals surface area contributed by atoms with Crippen molar-refractivity contribution in [3.8, 4) is 0 Å². The average molecular weight is 285 g/mol. The lowest BCUT2D eigenvalue weighted by Crippen LogP contribution is -2.29. The third-order valence-corrected chi connectivity index (χ3v) is 4.66. The molecule has 2 rings (SSSR count). The Bertz CT molecular complexity index is 627. The first-order valence-electron chi connectivity index (χ1n) is 5.83. The smallest absolute Gasteiger partial charge is 0.354 e. The van der Waals surface area contributed by atoms with Gasteiger partial charge in [-0.15, -0.1) is 0 Å². The fourth-order valence-electron chi connectivity index (χ4n) is 1.93. The highest BCUT2D eigenvalue weighted by Gasteiger charge is 2.26. The van der Waals surface area contributed by atoms with Crippen molar-refractivity contribution in [2.24, 2.45) is 0 Å². The van der Waals surface area contributed by atoms with Crippen LogP contribution in [-0.2, 0) is 22.8 Å². The molecular weight excluding hydrogens is 270 g/mol. The zero-order valence-corrected chi connectivity index (χ0v) is 11.5. The Labute approximate surface area is 111 Å². The van der Waals surface area contributed by atoms with Crippen LogP contribution in [-0.4, -0.2) is 42.3 Å². The topological polar surface area (TPSA) is 109 Å². The second-order valence-corrected chi connectivity index (χ2v) is 6.93. The van der Waals surface area contributed by atoms with Crippen LogP contribution in [0.4, 0.5) is 0 Å². The van der Waals surface area contributed by atoms with E-state index in [1.807, 2.05) is 0 Å². The van der Waals surface area contributed by atoms with Crippen molar-refractivity contribution in [2.75, 3.05) is 12.8 Å². The Morgan fingerprint density at radius 3 is 2.68 bits per heavy atom. The normalized spacial score (nSPS) is 16.7. The van der Waals surface area contributed by atoms with Gasteiger partial charge in [-0.3, -0.25) is 0 Å². The number of aromatic nitrogens is 2. The molecule has 1 aliphatic heterocycles. The molecule has 0 saturated heterocycles. The van der Waals surface area contributed by atoms with Crippen LogP contribution in [0.15, 0.2) is 0 Å². The van der Waals surface area contributed by atoms with E-state index in [-0.39, 0.29) is 11.5 Å². The summed E-state index contributed by atoms with van der Waals surface area (Å²) in [6.07, 6.45) is 1.61. The summed E-state index contributed by atoms with van der Waals surface area (Å²) in [6, 6.07) is 0. The quantitative estimate of drug-likeness (QED) is 0.799. The van der Waals surface area contributed by atoms with Gasteiger partial charge >= 0.3 is 5.97 Å². The van der Waals surface area contributed by atoms with Crippen molar-refractivity contribution in [3.63, 3.8) is 0 Å². The van der Waals surface area contributed by atoms with Crippen LogP contribution in [0.1, 0.15) is 39.7 Å². The minimum absolute atomic E-state index is 0.0438. The Morgan fingerprint density at radius 1 is 1.42 bits per heavy atom. The van der Waals surface area contributed by atoms with Gasteiger partial charge in [0.25, 0.3) is 0 Å². The molecule has 1 aromatic heterocycles. The summed E-state index contributed by atoms with van der Waals surface area (Å²) in [7, 11) is -3.36. The van der Waals surface area contributed by atoms with Crippen LogP contribution in [0, 0.1) is 0 Å². The van der Waals surface area contributed by atoms with Crippen molar-refractivity contribution in [1.29, 1.82) is 0 Å². The second kappa shape index (κ2) is 4.86. The van der Waals surface area contributed by atoms with Crippen molar-refractivity contribution in [3.05, 3.63) is 22.8 Å². The van der Waals surface area contributed by atoms with Crippen molar-refractivity contribution in [2.45, 2.75) is 25.1 Å². The van der Waals surface area contributed by atoms with Gasteiger partial charge in [0, 0.05) is 18.4 Å². The first-order chi connectivity index (χ1) is 8.80. The monoisotopic (exact) mass is 285 g/mol. The van der Waals surface area contributed by atoms with Crippen LogP contribution in [0.3, 0.4) is 0 Å². The van der Waals surface area contributed by atoms with Gasteiger partial charge in [0.15, 0.2) is 15.5 Å². The van der Waals surface area contributed by atoms with E-state index in [9.17, 15) is 18.3 Å². The van der Waals surface area contributed by atoms with Gasteiger partial charge in [0.2, 0.25) is 0 Å². The Balaban J connectivity index is 2.59. The number of carboxylic acids is 1. The summed E-state index contributed by atoms with van der Waals surface area (Å²) in [6.45, 7) is 2.55. The number of hydrogen-bond donors (Lipinski definition) is 2. The van der Waals surface area contributed by atoms with E-state index in [4.69, 9.17) is 0 Å². The molecular formula is C11H15N3O4S. The third-order valence-electron chi connectivity index (χ3n) is 3.16. The number of fused-ring (bicyclic) bond motifs is 1. The summed E-state index contributed by atoms with van der Waals surface area (Å²) >= 11 is 0. The highest BCUT2D eigenvalue weighted by molar-refractivity contribution is 7.90. The number of sulfone groups is 1.